The fourth-order valence-electron chi connectivity index (χ4n) is 1.19. The van der Waals surface area contributed by atoms with Gasteiger partial charge >= 0.3 is 0 Å². The summed E-state index contributed by atoms with van der Waals surface area (Å²) in [6.07, 6.45) is 0.622. The maximum Gasteiger partial charge on any atom is 0.247 e. The van der Waals surface area contributed by atoms with Crippen LogP contribution in [-0.4, -0.2) is 16.7 Å². The van der Waals surface area contributed by atoms with Crippen LogP contribution in [0.5, 0.6) is 0 Å². The highest BCUT2D eigenvalue weighted by Gasteiger charge is 2.07. The summed E-state index contributed by atoms with van der Waals surface area (Å²) in [5, 5.41) is 7.87. The normalized spacial score (nSPS) is 10.5. The third-order valence-corrected chi connectivity index (χ3v) is 2.64. The third-order valence-electron chi connectivity index (χ3n) is 1.92. The van der Waals surface area contributed by atoms with Crippen LogP contribution < -0.4 is 5.73 Å². The van der Waals surface area contributed by atoms with Crippen molar-refractivity contribution in [2.24, 2.45) is 5.73 Å². The maximum atomic E-state index is 5.45. The van der Waals surface area contributed by atoms with Crippen LogP contribution in [0.15, 0.2) is 28.7 Å². The highest BCUT2D eigenvalue weighted by molar-refractivity contribution is 14.1. The molecule has 0 aliphatic carbocycles. The zero-order valence-corrected chi connectivity index (χ0v) is 10.1. The largest absolute Gasteiger partial charge is 0.421 e. The number of hydrogen-bond donors (Lipinski definition) is 1. The van der Waals surface area contributed by atoms with Gasteiger partial charge in [0.2, 0.25) is 11.8 Å². The fraction of sp³-hybridized carbons (Fsp3) is 0.200. The summed E-state index contributed by atoms with van der Waals surface area (Å²) in [6, 6.07) is 7.93. The molecule has 0 saturated heterocycles. The molecule has 0 spiro atoms. The highest BCUT2D eigenvalue weighted by atomic mass is 127. The van der Waals surface area contributed by atoms with E-state index < -0.39 is 0 Å². The quantitative estimate of drug-likeness (QED) is 0.878. The third kappa shape index (κ3) is 2.54. The molecule has 0 radical (unpaired) electrons. The average molecular weight is 315 g/mol. The monoisotopic (exact) mass is 315 g/mol. The van der Waals surface area contributed by atoms with E-state index in [-0.39, 0.29) is 0 Å². The molecular formula is C10H10IN3O. The van der Waals surface area contributed by atoms with Crippen LogP contribution in [0, 0.1) is 3.57 Å². The van der Waals surface area contributed by atoms with E-state index in [1.165, 1.54) is 3.57 Å². The van der Waals surface area contributed by atoms with E-state index in [2.05, 4.69) is 32.8 Å². The highest BCUT2D eigenvalue weighted by Crippen LogP contribution is 2.18. The lowest BCUT2D eigenvalue weighted by Crippen LogP contribution is -2.02. The first-order valence-electron chi connectivity index (χ1n) is 4.58. The lowest BCUT2D eigenvalue weighted by Gasteiger charge is -1.94. The molecule has 0 fully saturated rings. The van der Waals surface area contributed by atoms with Crippen molar-refractivity contribution >= 4 is 22.6 Å². The molecule has 1 aromatic carbocycles. The Morgan fingerprint density at radius 3 is 2.60 bits per heavy atom. The lowest BCUT2D eigenvalue weighted by molar-refractivity contribution is 0.507. The van der Waals surface area contributed by atoms with Crippen LogP contribution in [0.4, 0.5) is 0 Å². The van der Waals surface area contributed by atoms with Crippen LogP contribution in [0.25, 0.3) is 11.5 Å². The van der Waals surface area contributed by atoms with E-state index in [0.717, 1.165) is 5.56 Å². The topological polar surface area (TPSA) is 64.9 Å². The Morgan fingerprint density at radius 1 is 1.20 bits per heavy atom. The standard InChI is InChI=1S/C10H10IN3O/c11-8-3-1-7(2-4-8)10-14-13-9(15-10)5-6-12/h1-4H,5-6,12H2. The van der Waals surface area contributed by atoms with Gasteiger partial charge in [0.05, 0.1) is 0 Å². The van der Waals surface area contributed by atoms with E-state index in [4.69, 9.17) is 10.2 Å². The first-order chi connectivity index (χ1) is 7.29. The molecular weight excluding hydrogens is 305 g/mol. The second kappa shape index (κ2) is 4.71. The van der Waals surface area contributed by atoms with Gasteiger partial charge in [0.15, 0.2) is 0 Å². The van der Waals surface area contributed by atoms with Gasteiger partial charge < -0.3 is 10.2 Å². The number of rotatable bonds is 3. The molecule has 4 nitrogen and oxygen atoms in total. The van der Waals surface area contributed by atoms with Gasteiger partial charge in [0.1, 0.15) is 0 Å². The molecule has 5 heteroatoms. The minimum absolute atomic E-state index is 0.522. The van der Waals surface area contributed by atoms with Crippen molar-refractivity contribution in [1.29, 1.82) is 0 Å². The fourth-order valence-corrected chi connectivity index (χ4v) is 1.55. The number of nitrogens with two attached hydrogens (primary N) is 1. The van der Waals surface area contributed by atoms with Crippen molar-refractivity contribution in [2.45, 2.75) is 6.42 Å². The van der Waals surface area contributed by atoms with Crippen LogP contribution in [0.3, 0.4) is 0 Å². The molecule has 0 aliphatic rings. The van der Waals surface area contributed by atoms with E-state index in [1.54, 1.807) is 0 Å². The van der Waals surface area contributed by atoms with Crippen molar-refractivity contribution < 1.29 is 4.42 Å². The van der Waals surface area contributed by atoms with Gasteiger partial charge in [-0.2, -0.15) is 0 Å². The smallest absolute Gasteiger partial charge is 0.247 e. The SMILES string of the molecule is NCCc1nnc(-c2ccc(I)cc2)o1. The van der Waals surface area contributed by atoms with Crippen molar-refractivity contribution in [3.05, 3.63) is 33.7 Å². The first kappa shape index (κ1) is 10.6. The van der Waals surface area contributed by atoms with Gasteiger partial charge in [-0.3, -0.25) is 0 Å². The molecule has 2 rings (SSSR count). The van der Waals surface area contributed by atoms with Gasteiger partial charge in [0, 0.05) is 22.1 Å². The molecule has 0 saturated carbocycles. The molecule has 2 N–H and O–H groups in total. The zero-order valence-electron chi connectivity index (χ0n) is 7.98. The molecule has 0 bridgehead atoms. The van der Waals surface area contributed by atoms with E-state index in [0.29, 0.717) is 24.7 Å². The number of nitrogens with zero attached hydrogens (tertiary/aromatic N) is 2. The van der Waals surface area contributed by atoms with Crippen molar-refractivity contribution in [2.75, 3.05) is 6.54 Å². The lowest BCUT2D eigenvalue weighted by atomic mass is 10.2. The summed E-state index contributed by atoms with van der Waals surface area (Å²) in [4.78, 5) is 0. The second-order valence-corrected chi connectivity index (χ2v) is 4.29. The summed E-state index contributed by atoms with van der Waals surface area (Å²) in [6.45, 7) is 0.522. The van der Waals surface area contributed by atoms with Crippen LogP contribution >= 0.6 is 22.6 Å². The predicted octanol–water partition coefficient (Wildman–Crippen LogP) is 1.84. The minimum atomic E-state index is 0.522. The number of halogens is 1. The van der Waals surface area contributed by atoms with Gasteiger partial charge in [-0.15, -0.1) is 10.2 Å². The Hall–Kier alpha value is -0.950. The van der Waals surface area contributed by atoms with Gasteiger partial charge in [-0.1, -0.05) is 0 Å². The summed E-state index contributed by atoms with van der Waals surface area (Å²) >= 11 is 2.25. The Labute approximate surface area is 101 Å². The van der Waals surface area contributed by atoms with Crippen LogP contribution in [-0.2, 0) is 6.42 Å². The Balaban J connectivity index is 2.25. The van der Waals surface area contributed by atoms with Gasteiger partial charge in [-0.05, 0) is 46.9 Å². The molecule has 0 amide bonds. The van der Waals surface area contributed by atoms with Crippen LogP contribution in [0.2, 0.25) is 0 Å². The Morgan fingerprint density at radius 2 is 1.93 bits per heavy atom. The molecule has 1 aromatic heterocycles. The van der Waals surface area contributed by atoms with E-state index >= 15 is 0 Å². The molecule has 0 atom stereocenters. The molecule has 1 heterocycles. The molecule has 78 valence electrons. The Bertz CT molecular complexity index is 438. The molecule has 15 heavy (non-hydrogen) atoms. The van der Waals surface area contributed by atoms with Crippen molar-refractivity contribution in [1.82, 2.24) is 10.2 Å². The summed E-state index contributed by atoms with van der Waals surface area (Å²) in [5.41, 5.74) is 6.34. The zero-order chi connectivity index (χ0) is 10.7. The van der Waals surface area contributed by atoms with Gasteiger partial charge in [-0.25, -0.2) is 0 Å². The minimum Gasteiger partial charge on any atom is -0.421 e. The first-order valence-corrected chi connectivity index (χ1v) is 5.66. The average Bonchev–Trinajstić information content (AvgIpc) is 2.68. The molecule has 0 aliphatic heterocycles. The molecule has 0 unspecified atom stereocenters. The summed E-state index contributed by atoms with van der Waals surface area (Å²) in [7, 11) is 0. The van der Waals surface area contributed by atoms with Crippen LogP contribution in [0.1, 0.15) is 5.89 Å². The predicted molar refractivity (Wildman–Crippen MR) is 65.2 cm³/mol. The second-order valence-electron chi connectivity index (χ2n) is 3.05. The maximum absolute atomic E-state index is 5.45. The van der Waals surface area contributed by atoms with Crippen molar-refractivity contribution in [3.8, 4) is 11.5 Å². The van der Waals surface area contributed by atoms with E-state index in [1.807, 2.05) is 24.3 Å². The number of benzene rings is 1. The van der Waals surface area contributed by atoms with E-state index in [9.17, 15) is 0 Å². The number of hydrogen-bond acceptors (Lipinski definition) is 4. The van der Waals surface area contributed by atoms with Gasteiger partial charge in [0.25, 0.3) is 0 Å². The van der Waals surface area contributed by atoms with Crippen molar-refractivity contribution in [3.63, 3.8) is 0 Å². The molecule has 2 aromatic rings. The Kier molecular flexibility index (Phi) is 3.32. The summed E-state index contributed by atoms with van der Waals surface area (Å²) in [5.74, 6) is 1.14. The summed E-state index contributed by atoms with van der Waals surface area (Å²) < 4.78 is 6.62. The number of aromatic nitrogens is 2.